The van der Waals surface area contributed by atoms with Crippen molar-refractivity contribution >= 4 is 34.2 Å². The highest BCUT2D eigenvalue weighted by molar-refractivity contribution is 14.1. The van der Waals surface area contributed by atoms with Crippen molar-refractivity contribution in [2.75, 3.05) is 11.9 Å². The first-order chi connectivity index (χ1) is 11.6. The summed E-state index contributed by atoms with van der Waals surface area (Å²) in [7, 11) is 0. The van der Waals surface area contributed by atoms with E-state index in [-0.39, 0.29) is 12.5 Å². The number of H-pyrrole nitrogens is 1. The number of carbonyl (C=O) groups excluding carboxylic acids is 1. The number of rotatable bonds is 5. The lowest BCUT2D eigenvalue weighted by molar-refractivity contribution is -0.118. The Morgan fingerprint density at radius 1 is 1.25 bits per heavy atom. The summed E-state index contributed by atoms with van der Waals surface area (Å²) in [5, 5.41) is 9.73. The molecule has 24 heavy (non-hydrogen) atoms. The van der Waals surface area contributed by atoms with Gasteiger partial charge in [0.05, 0.1) is 0 Å². The van der Waals surface area contributed by atoms with Crippen LogP contribution in [-0.4, -0.2) is 27.7 Å². The predicted molar refractivity (Wildman–Crippen MR) is 99.8 cm³/mol. The van der Waals surface area contributed by atoms with Crippen LogP contribution < -0.4 is 10.1 Å². The summed E-state index contributed by atoms with van der Waals surface area (Å²) in [6.07, 6.45) is 0. The van der Waals surface area contributed by atoms with E-state index in [4.69, 9.17) is 4.74 Å². The Balaban J connectivity index is 1.61. The van der Waals surface area contributed by atoms with Crippen LogP contribution in [0.1, 0.15) is 5.82 Å². The number of amides is 1. The number of nitrogens with zero attached hydrogens (tertiary/aromatic N) is 2. The summed E-state index contributed by atoms with van der Waals surface area (Å²) in [6, 6.07) is 14.9. The molecule has 1 aromatic heterocycles. The normalized spacial score (nSPS) is 10.4. The first-order valence-corrected chi connectivity index (χ1v) is 8.36. The first kappa shape index (κ1) is 16.4. The quantitative estimate of drug-likeness (QED) is 0.604. The maximum atomic E-state index is 12.0. The van der Waals surface area contributed by atoms with E-state index in [1.165, 1.54) is 0 Å². The molecule has 1 heterocycles. The number of aromatic amines is 1. The van der Waals surface area contributed by atoms with Crippen molar-refractivity contribution in [1.82, 2.24) is 15.2 Å². The number of ether oxygens (including phenoxy) is 1. The van der Waals surface area contributed by atoms with Gasteiger partial charge in [-0.15, -0.1) is 0 Å². The monoisotopic (exact) mass is 434 g/mol. The Kier molecular flexibility index (Phi) is 5.09. The van der Waals surface area contributed by atoms with Crippen LogP contribution >= 0.6 is 22.6 Å². The Morgan fingerprint density at radius 3 is 2.75 bits per heavy atom. The van der Waals surface area contributed by atoms with Gasteiger partial charge < -0.3 is 10.1 Å². The molecule has 2 aromatic carbocycles. The van der Waals surface area contributed by atoms with Crippen LogP contribution in [0.3, 0.4) is 0 Å². The molecule has 3 aromatic rings. The fourth-order valence-corrected chi connectivity index (χ4v) is 2.44. The molecule has 0 aliphatic heterocycles. The van der Waals surface area contributed by atoms with Gasteiger partial charge in [-0.1, -0.05) is 12.1 Å². The second-order valence-corrected chi connectivity index (χ2v) is 6.36. The van der Waals surface area contributed by atoms with Gasteiger partial charge in [-0.2, -0.15) is 5.10 Å². The van der Waals surface area contributed by atoms with Crippen molar-refractivity contribution < 1.29 is 9.53 Å². The minimum atomic E-state index is -0.225. The Hall–Kier alpha value is -2.42. The first-order valence-electron chi connectivity index (χ1n) is 7.28. The lowest BCUT2D eigenvalue weighted by atomic mass is 10.2. The Morgan fingerprint density at radius 2 is 2.04 bits per heavy atom. The number of carbonyl (C=O) groups is 1. The Labute approximate surface area is 152 Å². The number of benzene rings is 2. The summed E-state index contributed by atoms with van der Waals surface area (Å²) in [4.78, 5) is 16.3. The van der Waals surface area contributed by atoms with Crippen LogP contribution in [0.4, 0.5) is 5.69 Å². The van der Waals surface area contributed by atoms with Gasteiger partial charge in [0.15, 0.2) is 12.4 Å². The van der Waals surface area contributed by atoms with Crippen molar-refractivity contribution in [3.8, 4) is 17.1 Å². The fraction of sp³-hybridized carbons (Fsp3) is 0.118. The van der Waals surface area contributed by atoms with Crippen molar-refractivity contribution in [2.24, 2.45) is 0 Å². The predicted octanol–water partition coefficient (Wildman–Crippen LogP) is 3.40. The van der Waals surface area contributed by atoms with E-state index in [9.17, 15) is 4.79 Å². The molecule has 122 valence electrons. The van der Waals surface area contributed by atoms with E-state index >= 15 is 0 Å². The largest absolute Gasteiger partial charge is 0.484 e. The van der Waals surface area contributed by atoms with Crippen LogP contribution in [0.15, 0.2) is 48.5 Å². The van der Waals surface area contributed by atoms with Gasteiger partial charge in [0.1, 0.15) is 11.6 Å². The molecule has 0 unspecified atom stereocenters. The number of hydrogen-bond donors (Lipinski definition) is 2. The molecule has 0 bridgehead atoms. The van der Waals surface area contributed by atoms with E-state index in [1.54, 1.807) is 0 Å². The van der Waals surface area contributed by atoms with Crippen molar-refractivity contribution in [2.45, 2.75) is 6.92 Å². The molecule has 0 saturated heterocycles. The van der Waals surface area contributed by atoms with E-state index < -0.39 is 0 Å². The molecular formula is C17H15IN4O2. The highest BCUT2D eigenvalue weighted by atomic mass is 127. The highest BCUT2D eigenvalue weighted by Gasteiger charge is 2.07. The van der Waals surface area contributed by atoms with Gasteiger partial charge in [-0.05, 0) is 65.9 Å². The zero-order chi connectivity index (χ0) is 16.9. The van der Waals surface area contributed by atoms with E-state index in [0.29, 0.717) is 17.3 Å². The van der Waals surface area contributed by atoms with E-state index in [1.807, 2.05) is 55.5 Å². The average Bonchev–Trinajstić information content (AvgIpc) is 3.01. The third-order valence-electron chi connectivity index (χ3n) is 3.19. The average molecular weight is 434 g/mol. The van der Waals surface area contributed by atoms with Crippen molar-refractivity contribution in [3.63, 3.8) is 0 Å². The molecule has 1 amide bonds. The number of anilines is 1. The lowest BCUT2D eigenvalue weighted by Gasteiger charge is -2.08. The third kappa shape index (κ3) is 4.31. The number of nitrogens with one attached hydrogen (secondary N) is 2. The fourth-order valence-electron chi connectivity index (χ4n) is 2.08. The van der Waals surface area contributed by atoms with Crippen LogP contribution in [0.5, 0.6) is 5.75 Å². The molecule has 0 atom stereocenters. The van der Waals surface area contributed by atoms with Crippen LogP contribution in [0.2, 0.25) is 0 Å². The molecule has 0 saturated carbocycles. The number of aryl methyl sites for hydroxylation is 1. The molecule has 7 heteroatoms. The smallest absolute Gasteiger partial charge is 0.262 e. The summed E-state index contributed by atoms with van der Waals surface area (Å²) in [5.74, 6) is 1.77. The summed E-state index contributed by atoms with van der Waals surface area (Å²) < 4.78 is 6.58. The summed E-state index contributed by atoms with van der Waals surface area (Å²) >= 11 is 2.22. The second kappa shape index (κ2) is 7.43. The number of aromatic nitrogens is 3. The topological polar surface area (TPSA) is 79.9 Å². The van der Waals surface area contributed by atoms with Crippen LogP contribution in [-0.2, 0) is 4.79 Å². The van der Waals surface area contributed by atoms with Crippen molar-refractivity contribution in [1.29, 1.82) is 0 Å². The van der Waals surface area contributed by atoms with Crippen molar-refractivity contribution in [3.05, 3.63) is 57.9 Å². The van der Waals surface area contributed by atoms with E-state index in [2.05, 4.69) is 43.1 Å². The third-order valence-corrected chi connectivity index (χ3v) is 3.90. The molecule has 3 rings (SSSR count). The molecular weight excluding hydrogens is 419 g/mol. The van der Waals surface area contributed by atoms with Crippen LogP contribution in [0.25, 0.3) is 11.4 Å². The molecule has 0 fully saturated rings. The van der Waals surface area contributed by atoms with Gasteiger partial charge in [0.25, 0.3) is 5.91 Å². The molecule has 0 radical (unpaired) electrons. The molecule has 6 nitrogen and oxygen atoms in total. The zero-order valence-corrected chi connectivity index (χ0v) is 15.1. The maximum absolute atomic E-state index is 12.0. The maximum Gasteiger partial charge on any atom is 0.262 e. The van der Waals surface area contributed by atoms with Gasteiger partial charge in [-0.3, -0.25) is 9.89 Å². The second-order valence-electron chi connectivity index (χ2n) is 5.12. The van der Waals surface area contributed by atoms with Gasteiger partial charge in [0.2, 0.25) is 0 Å². The minimum absolute atomic E-state index is 0.0510. The minimum Gasteiger partial charge on any atom is -0.484 e. The molecule has 2 N–H and O–H groups in total. The lowest BCUT2D eigenvalue weighted by Crippen LogP contribution is -2.20. The zero-order valence-electron chi connectivity index (χ0n) is 12.9. The highest BCUT2D eigenvalue weighted by Crippen LogP contribution is 2.19. The molecule has 0 aliphatic rings. The van der Waals surface area contributed by atoms with E-state index in [0.717, 1.165) is 15.0 Å². The number of halogens is 1. The SMILES string of the molecule is Cc1nc(-c2cccc(NC(=O)COc3ccc(I)cc3)c2)n[nH]1. The van der Waals surface area contributed by atoms with Gasteiger partial charge in [-0.25, -0.2) is 4.98 Å². The van der Waals surface area contributed by atoms with Gasteiger partial charge >= 0.3 is 0 Å². The van der Waals surface area contributed by atoms with Gasteiger partial charge in [0, 0.05) is 14.8 Å². The Bertz CT molecular complexity index is 846. The summed E-state index contributed by atoms with van der Waals surface area (Å²) in [5.41, 5.74) is 1.50. The molecule has 0 spiro atoms. The number of hydrogen-bond acceptors (Lipinski definition) is 4. The molecule has 0 aliphatic carbocycles. The standard InChI is InChI=1S/C17H15IN4O2/c1-11-19-17(22-21-11)12-3-2-4-14(9-12)20-16(23)10-24-15-7-5-13(18)6-8-15/h2-9H,10H2,1H3,(H,20,23)(H,19,21,22). The van der Waals surface area contributed by atoms with Crippen LogP contribution in [0, 0.1) is 10.5 Å². The summed E-state index contributed by atoms with van der Waals surface area (Å²) in [6.45, 7) is 1.79.